The van der Waals surface area contributed by atoms with Crippen molar-refractivity contribution >= 4 is 23.2 Å². The molecule has 2 aromatic rings. The lowest BCUT2D eigenvalue weighted by molar-refractivity contribution is -0.126. The predicted octanol–water partition coefficient (Wildman–Crippen LogP) is 1.84. The van der Waals surface area contributed by atoms with Crippen LogP contribution >= 0.6 is 11.3 Å². The number of carbonyl (C=O) groups excluding carboxylic acids is 2. The zero-order valence-electron chi connectivity index (χ0n) is 16.2. The van der Waals surface area contributed by atoms with Gasteiger partial charge >= 0.3 is 0 Å². The van der Waals surface area contributed by atoms with Gasteiger partial charge < -0.3 is 15.4 Å². The number of rotatable bonds is 7. The monoisotopic (exact) mass is 402 g/mol. The van der Waals surface area contributed by atoms with Gasteiger partial charge in [0.25, 0.3) is 5.91 Å². The Bertz CT molecular complexity index is 774. The quantitative estimate of drug-likeness (QED) is 0.738. The van der Waals surface area contributed by atoms with E-state index in [2.05, 4.69) is 20.5 Å². The van der Waals surface area contributed by atoms with Crippen LogP contribution in [-0.4, -0.2) is 60.1 Å². The topological polar surface area (TPSA) is 83.6 Å². The van der Waals surface area contributed by atoms with Crippen LogP contribution in [0.25, 0.3) is 0 Å². The summed E-state index contributed by atoms with van der Waals surface area (Å²) in [5.74, 6) is -0.460. The minimum atomic E-state index is -1.02. The van der Waals surface area contributed by atoms with Gasteiger partial charge in [0, 0.05) is 32.0 Å². The van der Waals surface area contributed by atoms with Crippen LogP contribution in [0.3, 0.4) is 0 Å². The molecule has 1 saturated heterocycles. The van der Waals surface area contributed by atoms with Gasteiger partial charge in [-0.05, 0) is 43.0 Å². The van der Waals surface area contributed by atoms with E-state index in [-0.39, 0.29) is 17.9 Å². The van der Waals surface area contributed by atoms with Crippen LogP contribution < -0.4 is 10.6 Å². The Labute approximate surface area is 169 Å². The summed E-state index contributed by atoms with van der Waals surface area (Å²) in [5.41, 5.74) is 0.0761. The van der Waals surface area contributed by atoms with Crippen molar-refractivity contribution in [3.8, 4) is 0 Å². The van der Waals surface area contributed by atoms with Crippen molar-refractivity contribution in [1.29, 1.82) is 0 Å². The van der Waals surface area contributed by atoms with Gasteiger partial charge in [-0.1, -0.05) is 6.07 Å². The highest BCUT2D eigenvalue weighted by Crippen LogP contribution is 2.21. The number of hydrogen-bond donors (Lipinski definition) is 2. The molecule has 1 aliphatic heterocycles. The van der Waals surface area contributed by atoms with E-state index in [9.17, 15) is 9.59 Å². The van der Waals surface area contributed by atoms with Crippen LogP contribution in [0.1, 0.15) is 35.1 Å². The second-order valence-corrected chi connectivity index (χ2v) is 8.16. The molecular weight excluding hydrogens is 376 g/mol. The highest BCUT2D eigenvalue weighted by molar-refractivity contribution is 7.12. The molecule has 1 unspecified atom stereocenters. The standard InChI is InChI=1S/C20H26N4O3S/c1-20(2,23-18(25)17-4-3-13-28-17)19(26)22-14-16(15-5-7-21-8-6-15)24-9-11-27-12-10-24/h3-8,13,16H,9-12,14H2,1-2H3,(H,22,26)(H,23,25). The summed E-state index contributed by atoms with van der Waals surface area (Å²) >= 11 is 1.35. The van der Waals surface area contributed by atoms with Crippen molar-refractivity contribution in [2.45, 2.75) is 25.4 Å². The second kappa shape index (κ2) is 9.27. The average Bonchev–Trinajstić information content (AvgIpc) is 3.24. The summed E-state index contributed by atoms with van der Waals surface area (Å²) < 4.78 is 5.46. The molecule has 150 valence electrons. The fourth-order valence-electron chi connectivity index (χ4n) is 3.15. The molecule has 2 N–H and O–H groups in total. The molecule has 2 aromatic heterocycles. The van der Waals surface area contributed by atoms with Crippen molar-refractivity contribution in [3.63, 3.8) is 0 Å². The summed E-state index contributed by atoms with van der Waals surface area (Å²) in [4.78, 5) is 32.1. The highest BCUT2D eigenvalue weighted by atomic mass is 32.1. The van der Waals surface area contributed by atoms with E-state index < -0.39 is 5.54 Å². The van der Waals surface area contributed by atoms with Crippen LogP contribution in [0.15, 0.2) is 42.0 Å². The number of amides is 2. The molecule has 0 bridgehead atoms. The molecule has 1 aliphatic rings. The first-order chi connectivity index (χ1) is 13.5. The van der Waals surface area contributed by atoms with Gasteiger partial charge in [-0.25, -0.2) is 0 Å². The molecule has 28 heavy (non-hydrogen) atoms. The van der Waals surface area contributed by atoms with E-state index >= 15 is 0 Å². The molecule has 7 nitrogen and oxygen atoms in total. The molecule has 1 atom stereocenters. The van der Waals surface area contributed by atoms with Crippen molar-refractivity contribution in [3.05, 3.63) is 52.5 Å². The molecule has 0 aromatic carbocycles. The Morgan fingerprint density at radius 3 is 2.61 bits per heavy atom. The third-order valence-electron chi connectivity index (χ3n) is 4.77. The van der Waals surface area contributed by atoms with Gasteiger partial charge in [-0.15, -0.1) is 11.3 Å². The molecule has 1 fully saturated rings. The Hall–Kier alpha value is -2.29. The summed E-state index contributed by atoms with van der Waals surface area (Å²) in [7, 11) is 0. The lowest BCUT2D eigenvalue weighted by atomic mass is 10.0. The van der Waals surface area contributed by atoms with E-state index in [0.29, 0.717) is 24.6 Å². The lowest BCUT2D eigenvalue weighted by Crippen LogP contribution is -2.56. The van der Waals surface area contributed by atoms with Gasteiger partial charge in [0.2, 0.25) is 5.91 Å². The maximum atomic E-state index is 12.8. The number of nitrogens with zero attached hydrogens (tertiary/aromatic N) is 2. The molecule has 8 heteroatoms. The van der Waals surface area contributed by atoms with E-state index in [0.717, 1.165) is 18.7 Å². The van der Waals surface area contributed by atoms with E-state index in [1.807, 2.05) is 23.6 Å². The van der Waals surface area contributed by atoms with Gasteiger partial charge in [0.15, 0.2) is 0 Å². The van der Waals surface area contributed by atoms with Crippen LogP contribution in [0.5, 0.6) is 0 Å². The molecule has 3 rings (SSSR count). The molecule has 2 amide bonds. The van der Waals surface area contributed by atoms with Crippen LogP contribution in [0, 0.1) is 0 Å². The third-order valence-corrected chi connectivity index (χ3v) is 5.64. The van der Waals surface area contributed by atoms with Crippen LogP contribution in [0.2, 0.25) is 0 Å². The normalized spacial score (nSPS) is 16.4. The third kappa shape index (κ3) is 5.15. The first-order valence-corrected chi connectivity index (χ1v) is 10.2. The molecule has 0 saturated carbocycles. The van der Waals surface area contributed by atoms with Crippen LogP contribution in [-0.2, 0) is 9.53 Å². The number of carbonyl (C=O) groups is 2. The zero-order valence-corrected chi connectivity index (χ0v) is 17.0. The van der Waals surface area contributed by atoms with E-state index in [1.165, 1.54) is 11.3 Å². The van der Waals surface area contributed by atoms with Crippen molar-refractivity contribution in [2.24, 2.45) is 0 Å². The number of hydrogen-bond acceptors (Lipinski definition) is 6. The fraction of sp³-hybridized carbons (Fsp3) is 0.450. The number of morpholine rings is 1. The predicted molar refractivity (Wildman–Crippen MR) is 108 cm³/mol. The Balaban J connectivity index is 1.64. The van der Waals surface area contributed by atoms with Crippen molar-refractivity contribution < 1.29 is 14.3 Å². The Morgan fingerprint density at radius 1 is 1.25 bits per heavy atom. The summed E-state index contributed by atoms with van der Waals surface area (Å²) in [6.45, 7) is 6.84. The zero-order chi connectivity index (χ0) is 20.0. The van der Waals surface area contributed by atoms with Gasteiger partial charge in [0.1, 0.15) is 5.54 Å². The molecule has 3 heterocycles. The van der Waals surface area contributed by atoms with E-state index in [4.69, 9.17) is 4.74 Å². The lowest BCUT2D eigenvalue weighted by Gasteiger charge is -2.35. The van der Waals surface area contributed by atoms with Gasteiger partial charge in [-0.3, -0.25) is 19.5 Å². The summed E-state index contributed by atoms with van der Waals surface area (Å²) in [6, 6.07) is 7.52. The van der Waals surface area contributed by atoms with Crippen molar-refractivity contribution in [1.82, 2.24) is 20.5 Å². The van der Waals surface area contributed by atoms with Gasteiger partial charge in [-0.2, -0.15) is 0 Å². The molecule has 0 radical (unpaired) electrons. The number of pyridine rings is 1. The fourth-order valence-corrected chi connectivity index (χ4v) is 3.77. The minimum Gasteiger partial charge on any atom is -0.379 e. The average molecular weight is 403 g/mol. The van der Waals surface area contributed by atoms with Crippen LogP contribution in [0.4, 0.5) is 0 Å². The number of nitrogens with one attached hydrogen (secondary N) is 2. The largest absolute Gasteiger partial charge is 0.379 e. The number of ether oxygens (including phenoxy) is 1. The molecule has 0 spiro atoms. The summed E-state index contributed by atoms with van der Waals surface area (Å²) in [5, 5.41) is 7.67. The smallest absolute Gasteiger partial charge is 0.262 e. The Morgan fingerprint density at radius 2 is 1.96 bits per heavy atom. The second-order valence-electron chi connectivity index (χ2n) is 7.21. The number of thiophene rings is 1. The molecular formula is C20H26N4O3S. The Kier molecular flexibility index (Phi) is 6.77. The maximum absolute atomic E-state index is 12.8. The van der Waals surface area contributed by atoms with E-state index in [1.54, 1.807) is 32.3 Å². The first kappa shape index (κ1) is 20.4. The first-order valence-electron chi connectivity index (χ1n) is 9.33. The SMILES string of the molecule is CC(C)(NC(=O)c1cccs1)C(=O)NCC(c1ccncc1)N1CCOCC1. The highest BCUT2D eigenvalue weighted by Gasteiger charge is 2.31. The summed E-state index contributed by atoms with van der Waals surface area (Å²) in [6.07, 6.45) is 3.52. The molecule has 0 aliphatic carbocycles. The maximum Gasteiger partial charge on any atom is 0.262 e. The minimum absolute atomic E-state index is 0.0275. The van der Waals surface area contributed by atoms with Gasteiger partial charge in [0.05, 0.1) is 24.1 Å². The van der Waals surface area contributed by atoms with Crippen molar-refractivity contribution in [2.75, 3.05) is 32.8 Å². The number of aromatic nitrogens is 1.